The van der Waals surface area contributed by atoms with Gasteiger partial charge in [-0.2, -0.15) is 0 Å². The molecule has 150 valence electrons. The van der Waals surface area contributed by atoms with Gasteiger partial charge in [0.25, 0.3) is 0 Å². The molecule has 0 amide bonds. The standard InChI is InChI=1S/C23H27N5O/c1-15-24-9-10-28(15)18-5-6-20(22(29)14-18)21-7-8-23(26-25-21)27(2)19-12-16-3-4-17(11-16)13-19/h5-10,14,16-17,19,29H,3-4,11-13H2,1-2H3/t16-,17?,19+/m0/s1. The summed E-state index contributed by atoms with van der Waals surface area (Å²) in [6.45, 7) is 1.93. The molecule has 0 radical (unpaired) electrons. The van der Waals surface area contributed by atoms with Crippen molar-refractivity contribution in [2.24, 2.45) is 11.8 Å². The molecule has 1 unspecified atom stereocenters. The number of anilines is 1. The second kappa shape index (κ2) is 7.17. The van der Waals surface area contributed by atoms with Crippen LogP contribution in [0.5, 0.6) is 5.75 Å². The van der Waals surface area contributed by atoms with Gasteiger partial charge in [-0.1, -0.05) is 12.8 Å². The molecule has 0 spiro atoms. The largest absolute Gasteiger partial charge is 0.507 e. The molecule has 2 bridgehead atoms. The van der Waals surface area contributed by atoms with Crippen molar-refractivity contribution in [3.63, 3.8) is 0 Å². The number of hydrogen-bond donors (Lipinski definition) is 1. The monoisotopic (exact) mass is 389 g/mol. The molecule has 2 aromatic heterocycles. The van der Waals surface area contributed by atoms with Crippen LogP contribution in [0.1, 0.15) is 37.9 Å². The molecule has 5 rings (SSSR count). The molecule has 0 saturated heterocycles. The van der Waals surface area contributed by atoms with E-state index in [1.807, 2.05) is 42.0 Å². The van der Waals surface area contributed by atoms with Gasteiger partial charge in [-0.3, -0.25) is 0 Å². The third-order valence-corrected chi connectivity index (χ3v) is 6.78. The van der Waals surface area contributed by atoms with E-state index in [0.29, 0.717) is 17.3 Å². The summed E-state index contributed by atoms with van der Waals surface area (Å²) in [6.07, 6.45) is 10.4. The highest BCUT2D eigenvalue weighted by Gasteiger charge is 2.36. The summed E-state index contributed by atoms with van der Waals surface area (Å²) in [5.74, 6) is 3.76. The fourth-order valence-corrected chi connectivity index (χ4v) is 5.17. The van der Waals surface area contributed by atoms with Gasteiger partial charge in [-0.25, -0.2) is 4.98 Å². The Balaban J connectivity index is 1.35. The van der Waals surface area contributed by atoms with E-state index in [1.54, 1.807) is 12.3 Å². The number of phenols is 1. The van der Waals surface area contributed by atoms with E-state index in [9.17, 15) is 5.11 Å². The van der Waals surface area contributed by atoms with E-state index in [4.69, 9.17) is 0 Å². The van der Waals surface area contributed by atoms with Crippen LogP contribution in [0.2, 0.25) is 0 Å². The zero-order chi connectivity index (χ0) is 20.0. The van der Waals surface area contributed by atoms with Crippen LogP contribution in [0.3, 0.4) is 0 Å². The zero-order valence-corrected chi connectivity index (χ0v) is 17.0. The summed E-state index contributed by atoms with van der Waals surface area (Å²) in [5, 5.41) is 19.5. The minimum absolute atomic E-state index is 0.190. The molecule has 2 aliphatic carbocycles. The van der Waals surface area contributed by atoms with Crippen molar-refractivity contribution in [2.75, 3.05) is 11.9 Å². The molecule has 3 aromatic rings. The normalized spacial score (nSPS) is 23.3. The lowest BCUT2D eigenvalue weighted by atomic mass is 9.85. The Bertz CT molecular complexity index is 1000. The molecule has 1 aromatic carbocycles. The summed E-state index contributed by atoms with van der Waals surface area (Å²) >= 11 is 0. The minimum Gasteiger partial charge on any atom is -0.507 e. The average molecular weight is 390 g/mol. The van der Waals surface area contributed by atoms with Crippen LogP contribution in [-0.2, 0) is 0 Å². The van der Waals surface area contributed by atoms with Crippen LogP contribution >= 0.6 is 0 Å². The summed E-state index contributed by atoms with van der Waals surface area (Å²) < 4.78 is 1.94. The van der Waals surface area contributed by atoms with Crippen molar-refractivity contribution in [1.82, 2.24) is 19.7 Å². The molecule has 2 aliphatic rings. The van der Waals surface area contributed by atoms with E-state index in [2.05, 4.69) is 27.1 Å². The van der Waals surface area contributed by atoms with Gasteiger partial charge < -0.3 is 14.6 Å². The van der Waals surface area contributed by atoms with E-state index in [-0.39, 0.29) is 5.75 Å². The Labute approximate surface area is 171 Å². The lowest BCUT2D eigenvalue weighted by molar-refractivity contribution is 0.312. The van der Waals surface area contributed by atoms with Crippen molar-refractivity contribution in [3.8, 4) is 22.7 Å². The molecule has 6 nitrogen and oxygen atoms in total. The molecule has 0 aliphatic heterocycles. The Morgan fingerprint density at radius 3 is 2.45 bits per heavy atom. The lowest BCUT2D eigenvalue weighted by Gasteiger charge is -2.35. The fourth-order valence-electron chi connectivity index (χ4n) is 5.17. The second-order valence-electron chi connectivity index (χ2n) is 8.60. The van der Waals surface area contributed by atoms with Gasteiger partial charge in [-0.15, -0.1) is 10.2 Å². The molecule has 2 saturated carbocycles. The zero-order valence-electron chi connectivity index (χ0n) is 17.0. The van der Waals surface area contributed by atoms with Gasteiger partial charge >= 0.3 is 0 Å². The van der Waals surface area contributed by atoms with Crippen molar-refractivity contribution in [2.45, 2.75) is 45.1 Å². The van der Waals surface area contributed by atoms with Crippen LogP contribution in [0.15, 0.2) is 42.7 Å². The van der Waals surface area contributed by atoms with Crippen molar-refractivity contribution in [3.05, 3.63) is 48.5 Å². The summed E-state index contributed by atoms with van der Waals surface area (Å²) in [5.41, 5.74) is 2.23. The molecule has 2 fully saturated rings. The number of hydrogen-bond acceptors (Lipinski definition) is 5. The third-order valence-electron chi connectivity index (χ3n) is 6.78. The predicted molar refractivity (Wildman–Crippen MR) is 113 cm³/mol. The van der Waals surface area contributed by atoms with Gasteiger partial charge in [0.1, 0.15) is 11.6 Å². The second-order valence-corrected chi connectivity index (χ2v) is 8.60. The lowest BCUT2D eigenvalue weighted by Crippen LogP contribution is -2.37. The quantitative estimate of drug-likeness (QED) is 0.718. The van der Waals surface area contributed by atoms with Crippen LogP contribution in [0.25, 0.3) is 16.9 Å². The summed E-state index contributed by atoms with van der Waals surface area (Å²) in [7, 11) is 2.14. The first-order valence-corrected chi connectivity index (χ1v) is 10.5. The number of phenolic OH excluding ortho intramolecular Hbond substituents is 1. The maximum absolute atomic E-state index is 10.6. The number of aromatic nitrogens is 4. The number of imidazole rings is 1. The Morgan fingerprint density at radius 1 is 1.03 bits per heavy atom. The number of aryl methyl sites for hydroxylation is 1. The number of nitrogens with zero attached hydrogens (tertiary/aromatic N) is 5. The molecule has 2 heterocycles. The first kappa shape index (κ1) is 18.2. The van der Waals surface area contributed by atoms with Crippen molar-refractivity contribution < 1.29 is 5.11 Å². The number of fused-ring (bicyclic) bond motifs is 2. The van der Waals surface area contributed by atoms with Gasteiger partial charge in [0, 0.05) is 37.1 Å². The third kappa shape index (κ3) is 3.37. The predicted octanol–water partition coefficient (Wildman–Crippen LogP) is 4.36. The van der Waals surface area contributed by atoms with Crippen molar-refractivity contribution >= 4 is 5.82 Å². The van der Waals surface area contributed by atoms with E-state index >= 15 is 0 Å². The topological polar surface area (TPSA) is 67.1 Å². The molecule has 29 heavy (non-hydrogen) atoms. The van der Waals surface area contributed by atoms with Gasteiger partial charge in [0.2, 0.25) is 0 Å². The molecule has 1 N–H and O–H groups in total. The Morgan fingerprint density at radius 2 is 1.83 bits per heavy atom. The summed E-state index contributed by atoms with van der Waals surface area (Å²) in [4.78, 5) is 6.53. The molecular weight excluding hydrogens is 362 g/mol. The number of rotatable bonds is 4. The summed E-state index contributed by atoms with van der Waals surface area (Å²) in [6, 6.07) is 10.1. The smallest absolute Gasteiger partial charge is 0.151 e. The highest BCUT2D eigenvalue weighted by molar-refractivity contribution is 5.69. The first-order chi connectivity index (χ1) is 14.1. The van der Waals surface area contributed by atoms with E-state index in [0.717, 1.165) is 29.2 Å². The maximum Gasteiger partial charge on any atom is 0.151 e. The molecule has 3 atom stereocenters. The number of benzene rings is 1. The molecule has 6 heteroatoms. The van der Waals surface area contributed by atoms with Crippen LogP contribution in [-0.4, -0.2) is 37.9 Å². The van der Waals surface area contributed by atoms with Crippen molar-refractivity contribution in [1.29, 1.82) is 0 Å². The van der Waals surface area contributed by atoms with Crippen LogP contribution in [0.4, 0.5) is 5.82 Å². The Kier molecular flexibility index (Phi) is 4.49. The fraction of sp³-hybridized carbons (Fsp3) is 0.435. The Hall–Kier alpha value is -2.89. The molecular formula is C23H27N5O. The first-order valence-electron chi connectivity index (χ1n) is 10.5. The minimum atomic E-state index is 0.190. The van der Waals surface area contributed by atoms with E-state index in [1.165, 1.54) is 32.1 Å². The van der Waals surface area contributed by atoms with Crippen LogP contribution in [0, 0.1) is 18.8 Å². The highest BCUT2D eigenvalue weighted by Crippen LogP contribution is 2.43. The van der Waals surface area contributed by atoms with Gasteiger partial charge in [0.15, 0.2) is 5.82 Å². The van der Waals surface area contributed by atoms with Gasteiger partial charge in [0.05, 0.1) is 11.4 Å². The number of aromatic hydroxyl groups is 1. The van der Waals surface area contributed by atoms with Crippen LogP contribution < -0.4 is 4.90 Å². The SMILES string of the molecule is Cc1nccn1-c1ccc(-c2ccc(N(C)[C@H]3CC4CC[C@@H](C4)C3)nn2)c(O)c1. The van der Waals surface area contributed by atoms with E-state index < -0.39 is 0 Å². The maximum atomic E-state index is 10.6. The average Bonchev–Trinajstić information content (AvgIpc) is 3.32. The van der Waals surface area contributed by atoms with Gasteiger partial charge in [-0.05, 0) is 62.3 Å². The highest BCUT2D eigenvalue weighted by atomic mass is 16.3.